The third kappa shape index (κ3) is 4.25. The molecule has 2 fully saturated rings. The Kier molecular flexibility index (Phi) is 5.06. The van der Waals surface area contributed by atoms with E-state index in [-0.39, 0.29) is 5.91 Å². The number of aromatic nitrogens is 4. The number of carbonyl (C=O) groups is 1. The van der Waals surface area contributed by atoms with E-state index in [1.54, 1.807) is 0 Å². The Morgan fingerprint density at radius 1 is 1.07 bits per heavy atom. The van der Waals surface area contributed by atoms with Crippen molar-refractivity contribution in [2.24, 2.45) is 11.8 Å². The van der Waals surface area contributed by atoms with Crippen LogP contribution in [0.3, 0.4) is 0 Å². The van der Waals surface area contributed by atoms with Gasteiger partial charge in [0.2, 0.25) is 5.91 Å². The molecule has 0 aromatic carbocycles. The lowest BCUT2D eigenvalue weighted by molar-refractivity contribution is -0.133. The number of nitrogens with zero attached hydrogens (tertiary/aromatic N) is 5. The Balaban J connectivity index is 1.30. The van der Waals surface area contributed by atoms with Crippen LogP contribution in [0.15, 0.2) is 12.3 Å². The third-order valence-corrected chi connectivity index (χ3v) is 6.10. The van der Waals surface area contributed by atoms with Crippen LogP contribution in [0.5, 0.6) is 0 Å². The molecule has 1 aliphatic heterocycles. The molecule has 2 aromatic rings. The highest BCUT2D eigenvalue weighted by atomic mass is 16.2. The minimum absolute atomic E-state index is 0.186. The second-order valence-corrected chi connectivity index (χ2v) is 8.48. The molecule has 6 nitrogen and oxygen atoms in total. The molecule has 1 saturated heterocycles. The van der Waals surface area contributed by atoms with Gasteiger partial charge in [0.05, 0.1) is 5.69 Å². The molecule has 1 saturated carbocycles. The van der Waals surface area contributed by atoms with Crippen LogP contribution in [0.2, 0.25) is 0 Å². The van der Waals surface area contributed by atoms with Gasteiger partial charge in [0.1, 0.15) is 12.4 Å². The Morgan fingerprint density at radius 3 is 2.44 bits per heavy atom. The minimum atomic E-state index is 0.186. The zero-order valence-electron chi connectivity index (χ0n) is 16.8. The fraction of sp³-hybridized carbons (Fsp3) is 0.667. The summed E-state index contributed by atoms with van der Waals surface area (Å²) in [6.45, 7) is 9.34. The highest BCUT2D eigenvalue weighted by Crippen LogP contribution is 2.32. The maximum absolute atomic E-state index is 12.6. The smallest absolute Gasteiger partial charge is 0.244 e. The van der Waals surface area contributed by atoms with Crippen molar-refractivity contribution >= 4 is 5.91 Å². The second-order valence-electron chi connectivity index (χ2n) is 8.48. The highest BCUT2D eigenvalue weighted by Gasteiger charge is 2.27. The number of piperidine rings is 1. The van der Waals surface area contributed by atoms with E-state index in [0.29, 0.717) is 12.5 Å². The van der Waals surface area contributed by atoms with Crippen molar-refractivity contribution in [3.63, 3.8) is 0 Å². The molecule has 146 valence electrons. The van der Waals surface area contributed by atoms with Crippen LogP contribution >= 0.6 is 0 Å². The van der Waals surface area contributed by atoms with Crippen molar-refractivity contribution in [3.8, 4) is 0 Å². The Bertz CT molecular complexity index is 809. The summed E-state index contributed by atoms with van der Waals surface area (Å²) in [5.74, 6) is 2.92. The van der Waals surface area contributed by atoms with Crippen LogP contribution in [0.4, 0.5) is 0 Å². The SMILES string of the molecule is Cc1cc(C)n(CC(=O)N2CCC(Cc3ncc(C)n3CC3CC3)CC2)n1. The van der Waals surface area contributed by atoms with Crippen LogP contribution in [-0.4, -0.2) is 43.2 Å². The van der Waals surface area contributed by atoms with Crippen molar-refractivity contribution < 1.29 is 4.79 Å². The summed E-state index contributed by atoms with van der Waals surface area (Å²) in [6, 6.07) is 2.02. The van der Waals surface area contributed by atoms with E-state index in [1.807, 2.05) is 35.7 Å². The van der Waals surface area contributed by atoms with Gasteiger partial charge in [-0.25, -0.2) is 4.98 Å². The highest BCUT2D eigenvalue weighted by molar-refractivity contribution is 5.76. The summed E-state index contributed by atoms with van der Waals surface area (Å²) in [6.07, 6.45) is 7.93. The van der Waals surface area contributed by atoms with Crippen LogP contribution in [0, 0.1) is 32.6 Å². The molecule has 2 aromatic heterocycles. The van der Waals surface area contributed by atoms with Gasteiger partial charge in [0.25, 0.3) is 0 Å². The molecule has 1 aliphatic carbocycles. The average Bonchev–Trinajstić information content (AvgIpc) is 3.33. The molecule has 0 bridgehead atoms. The first kappa shape index (κ1) is 18.3. The molecule has 6 heteroatoms. The van der Waals surface area contributed by atoms with E-state index in [4.69, 9.17) is 0 Å². The Hall–Kier alpha value is -2.11. The van der Waals surface area contributed by atoms with Crippen molar-refractivity contribution in [1.29, 1.82) is 0 Å². The summed E-state index contributed by atoms with van der Waals surface area (Å²) >= 11 is 0. The van der Waals surface area contributed by atoms with Crippen LogP contribution in [-0.2, 0) is 24.3 Å². The van der Waals surface area contributed by atoms with Gasteiger partial charge in [-0.3, -0.25) is 9.48 Å². The standard InChI is InChI=1S/C21H31N5O/c1-15-10-16(2)26(23-15)14-21(27)24-8-6-18(7-9-24)11-20-22-12-17(3)25(20)13-19-4-5-19/h10,12,18-19H,4-9,11,13-14H2,1-3H3. The lowest BCUT2D eigenvalue weighted by Gasteiger charge is -2.32. The summed E-state index contributed by atoms with van der Waals surface area (Å²) in [4.78, 5) is 19.3. The predicted octanol–water partition coefficient (Wildman–Crippen LogP) is 2.90. The van der Waals surface area contributed by atoms with Gasteiger partial charge < -0.3 is 9.47 Å². The van der Waals surface area contributed by atoms with Gasteiger partial charge in [-0.1, -0.05) is 0 Å². The van der Waals surface area contributed by atoms with E-state index < -0.39 is 0 Å². The predicted molar refractivity (Wildman–Crippen MR) is 104 cm³/mol. The number of carbonyl (C=O) groups excluding carboxylic acids is 1. The normalized spacial score (nSPS) is 18.3. The summed E-state index contributed by atoms with van der Waals surface area (Å²) < 4.78 is 4.25. The van der Waals surface area contributed by atoms with Crippen LogP contribution in [0.25, 0.3) is 0 Å². The van der Waals surface area contributed by atoms with Crippen molar-refractivity contribution in [1.82, 2.24) is 24.2 Å². The molecule has 0 N–H and O–H groups in total. The zero-order chi connectivity index (χ0) is 19.0. The van der Waals surface area contributed by atoms with Crippen molar-refractivity contribution in [2.45, 2.75) is 66.0 Å². The van der Waals surface area contributed by atoms with E-state index in [2.05, 4.69) is 21.6 Å². The summed E-state index contributed by atoms with van der Waals surface area (Å²) in [5.41, 5.74) is 3.30. The third-order valence-electron chi connectivity index (χ3n) is 6.10. The molecule has 27 heavy (non-hydrogen) atoms. The number of hydrogen-bond donors (Lipinski definition) is 0. The molecule has 0 radical (unpaired) electrons. The maximum Gasteiger partial charge on any atom is 0.244 e. The monoisotopic (exact) mass is 369 g/mol. The van der Waals surface area contributed by atoms with E-state index in [1.165, 1.54) is 24.4 Å². The fourth-order valence-electron chi connectivity index (χ4n) is 4.19. The van der Waals surface area contributed by atoms with Gasteiger partial charge in [0, 0.05) is 43.6 Å². The number of rotatable bonds is 6. The van der Waals surface area contributed by atoms with Gasteiger partial charge in [-0.15, -0.1) is 0 Å². The summed E-state index contributed by atoms with van der Waals surface area (Å²) in [5, 5.41) is 4.41. The van der Waals surface area contributed by atoms with Crippen LogP contribution < -0.4 is 0 Å². The molecule has 1 amide bonds. The first-order valence-electron chi connectivity index (χ1n) is 10.3. The van der Waals surface area contributed by atoms with Crippen molar-refractivity contribution in [2.75, 3.05) is 13.1 Å². The Labute approximate surface area is 161 Å². The number of aryl methyl sites for hydroxylation is 3. The average molecular weight is 370 g/mol. The summed E-state index contributed by atoms with van der Waals surface area (Å²) in [7, 11) is 0. The molecule has 3 heterocycles. The molecular formula is C21H31N5O. The topological polar surface area (TPSA) is 56.0 Å². The number of amides is 1. The molecule has 0 atom stereocenters. The Morgan fingerprint density at radius 2 is 1.81 bits per heavy atom. The molecular weight excluding hydrogens is 338 g/mol. The number of hydrogen-bond acceptors (Lipinski definition) is 3. The fourth-order valence-corrected chi connectivity index (χ4v) is 4.19. The van der Waals surface area contributed by atoms with Crippen molar-refractivity contribution in [3.05, 3.63) is 35.2 Å². The van der Waals surface area contributed by atoms with E-state index >= 15 is 0 Å². The lowest BCUT2D eigenvalue weighted by Crippen LogP contribution is -2.41. The minimum Gasteiger partial charge on any atom is -0.341 e. The van der Waals surface area contributed by atoms with Gasteiger partial charge in [-0.05, 0) is 64.4 Å². The molecule has 2 aliphatic rings. The first-order valence-corrected chi connectivity index (χ1v) is 10.3. The number of imidazole rings is 1. The molecule has 0 spiro atoms. The first-order chi connectivity index (χ1) is 13.0. The lowest BCUT2D eigenvalue weighted by atomic mass is 9.93. The largest absolute Gasteiger partial charge is 0.341 e. The van der Waals surface area contributed by atoms with Crippen LogP contribution in [0.1, 0.15) is 48.6 Å². The van der Waals surface area contributed by atoms with Gasteiger partial charge in [-0.2, -0.15) is 5.10 Å². The van der Waals surface area contributed by atoms with E-state index in [9.17, 15) is 4.79 Å². The van der Waals surface area contributed by atoms with Gasteiger partial charge in [0.15, 0.2) is 0 Å². The number of likely N-dealkylation sites (tertiary alicyclic amines) is 1. The zero-order valence-corrected chi connectivity index (χ0v) is 16.8. The second kappa shape index (κ2) is 7.49. The molecule has 4 rings (SSSR count). The van der Waals surface area contributed by atoms with E-state index in [0.717, 1.165) is 56.2 Å². The van der Waals surface area contributed by atoms with Gasteiger partial charge >= 0.3 is 0 Å². The molecule has 0 unspecified atom stereocenters. The maximum atomic E-state index is 12.6. The quantitative estimate of drug-likeness (QED) is 0.787.